The van der Waals surface area contributed by atoms with Crippen molar-refractivity contribution >= 4 is 0 Å². The molecule has 0 spiro atoms. The smallest absolute Gasteiger partial charge is 0.226 e. The van der Waals surface area contributed by atoms with Gasteiger partial charge in [-0.2, -0.15) is 0 Å². The third-order valence-electron chi connectivity index (χ3n) is 3.99. The van der Waals surface area contributed by atoms with Gasteiger partial charge in [-0.3, -0.25) is 4.90 Å². The van der Waals surface area contributed by atoms with Gasteiger partial charge in [-0.25, -0.2) is 4.98 Å². The van der Waals surface area contributed by atoms with Crippen molar-refractivity contribution < 1.29 is 9.52 Å². The molecule has 0 amide bonds. The molecule has 1 unspecified atom stereocenters. The van der Waals surface area contributed by atoms with Gasteiger partial charge >= 0.3 is 0 Å². The number of nitrogens with zero attached hydrogens (tertiary/aromatic N) is 2. The average Bonchev–Trinajstić information content (AvgIpc) is 2.87. The average molecular weight is 286 g/mol. The number of β-amino-alcohol motifs (C(OH)–C–C–N with tert-alkyl or cyclic N) is 1. The highest BCUT2D eigenvalue weighted by Crippen LogP contribution is 2.23. The molecule has 3 rings (SSSR count). The largest absolute Gasteiger partial charge is 0.444 e. The summed E-state index contributed by atoms with van der Waals surface area (Å²) in [5.74, 6) is 0.661. The molecule has 21 heavy (non-hydrogen) atoms. The van der Waals surface area contributed by atoms with E-state index < -0.39 is 5.60 Å². The maximum Gasteiger partial charge on any atom is 0.226 e. The van der Waals surface area contributed by atoms with E-state index in [1.165, 1.54) is 5.56 Å². The number of piperidine rings is 1. The van der Waals surface area contributed by atoms with Gasteiger partial charge in [0.1, 0.15) is 6.26 Å². The standard InChI is InChI=1S/C17H22N2O2/c1-13-4-6-14(7-5-13)16-18-15(11-21-16)10-19-9-3-8-17(2,20)12-19/h4-7,11,20H,3,8-10,12H2,1-2H3. The van der Waals surface area contributed by atoms with Crippen LogP contribution in [-0.4, -0.2) is 33.7 Å². The van der Waals surface area contributed by atoms with Crippen molar-refractivity contribution in [1.82, 2.24) is 9.88 Å². The second-order valence-electron chi connectivity index (χ2n) is 6.32. The lowest BCUT2D eigenvalue weighted by Gasteiger charge is -2.36. The first-order chi connectivity index (χ1) is 10.0. The lowest BCUT2D eigenvalue weighted by molar-refractivity contribution is -0.0184. The molecule has 4 nitrogen and oxygen atoms in total. The summed E-state index contributed by atoms with van der Waals surface area (Å²) in [5, 5.41) is 10.1. The Labute approximate surface area is 125 Å². The van der Waals surface area contributed by atoms with Crippen LogP contribution in [0.1, 0.15) is 31.0 Å². The fraction of sp³-hybridized carbons (Fsp3) is 0.471. The molecule has 1 atom stereocenters. The number of benzene rings is 1. The van der Waals surface area contributed by atoms with Gasteiger partial charge in [-0.1, -0.05) is 17.7 Å². The van der Waals surface area contributed by atoms with Gasteiger partial charge in [0, 0.05) is 18.7 Å². The zero-order chi connectivity index (χ0) is 14.9. The lowest BCUT2D eigenvalue weighted by Crippen LogP contribution is -2.45. The number of aromatic nitrogens is 1. The molecule has 1 aromatic carbocycles. The highest BCUT2D eigenvalue weighted by atomic mass is 16.3. The number of hydrogen-bond donors (Lipinski definition) is 1. The van der Waals surface area contributed by atoms with Gasteiger partial charge in [-0.05, 0) is 45.4 Å². The molecule has 2 aromatic rings. The van der Waals surface area contributed by atoms with Crippen LogP contribution < -0.4 is 0 Å². The maximum atomic E-state index is 10.1. The Hall–Kier alpha value is -1.65. The Bertz CT molecular complexity index is 602. The number of likely N-dealkylation sites (tertiary alicyclic amines) is 1. The summed E-state index contributed by atoms with van der Waals surface area (Å²) < 4.78 is 5.58. The zero-order valence-electron chi connectivity index (χ0n) is 12.7. The SMILES string of the molecule is Cc1ccc(-c2nc(CN3CCCC(C)(O)C3)co2)cc1. The van der Waals surface area contributed by atoms with Crippen LogP contribution in [-0.2, 0) is 6.54 Å². The molecule has 4 heteroatoms. The number of oxazole rings is 1. The van der Waals surface area contributed by atoms with Crippen molar-refractivity contribution in [2.45, 2.75) is 38.8 Å². The molecule has 112 valence electrons. The maximum absolute atomic E-state index is 10.1. The molecule has 1 saturated heterocycles. The Morgan fingerprint density at radius 1 is 1.33 bits per heavy atom. The third-order valence-corrected chi connectivity index (χ3v) is 3.99. The van der Waals surface area contributed by atoms with Crippen LogP contribution in [0.4, 0.5) is 0 Å². The van der Waals surface area contributed by atoms with Crippen molar-refractivity contribution in [2.75, 3.05) is 13.1 Å². The highest BCUT2D eigenvalue weighted by molar-refractivity contribution is 5.53. The second kappa shape index (κ2) is 5.62. The third kappa shape index (κ3) is 3.52. The summed E-state index contributed by atoms with van der Waals surface area (Å²) in [6.45, 7) is 6.39. The highest BCUT2D eigenvalue weighted by Gasteiger charge is 2.28. The summed E-state index contributed by atoms with van der Waals surface area (Å²) in [4.78, 5) is 6.80. The normalized spacial score (nSPS) is 23.4. The molecule has 1 aliphatic heterocycles. The minimum atomic E-state index is -0.582. The Morgan fingerprint density at radius 3 is 2.81 bits per heavy atom. The first-order valence-corrected chi connectivity index (χ1v) is 7.48. The van der Waals surface area contributed by atoms with Gasteiger partial charge < -0.3 is 9.52 Å². The van der Waals surface area contributed by atoms with Crippen LogP contribution in [0.15, 0.2) is 34.9 Å². The molecule has 1 fully saturated rings. The van der Waals surface area contributed by atoms with E-state index in [0.717, 1.165) is 37.2 Å². The van der Waals surface area contributed by atoms with Crippen LogP contribution >= 0.6 is 0 Å². The molecule has 0 saturated carbocycles. The second-order valence-corrected chi connectivity index (χ2v) is 6.32. The predicted molar refractivity (Wildman–Crippen MR) is 81.8 cm³/mol. The van der Waals surface area contributed by atoms with E-state index >= 15 is 0 Å². The number of rotatable bonds is 3. The van der Waals surface area contributed by atoms with E-state index in [1.54, 1.807) is 6.26 Å². The van der Waals surface area contributed by atoms with Crippen molar-refractivity contribution in [3.05, 3.63) is 41.8 Å². The van der Waals surface area contributed by atoms with E-state index in [1.807, 2.05) is 19.1 Å². The van der Waals surface area contributed by atoms with Crippen molar-refractivity contribution in [3.8, 4) is 11.5 Å². The predicted octanol–water partition coefficient (Wildman–Crippen LogP) is 3.00. The summed E-state index contributed by atoms with van der Waals surface area (Å²) in [5.41, 5.74) is 2.56. The van der Waals surface area contributed by atoms with E-state index in [-0.39, 0.29) is 0 Å². The van der Waals surface area contributed by atoms with Crippen LogP contribution in [0.3, 0.4) is 0 Å². The van der Waals surface area contributed by atoms with E-state index in [4.69, 9.17) is 4.42 Å². The van der Waals surface area contributed by atoms with E-state index in [2.05, 4.69) is 28.9 Å². The molecule has 0 bridgehead atoms. The van der Waals surface area contributed by atoms with Gasteiger partial charge in [0.25, 0.3) is 0 Å². The van der Waals surface area contributed by atoms with Crippen LogP contribution in [0.5, 0.6) is 0 Å². The summed E-state index contributed by atoms with van der Waals surface area (Å²) in [7, 11) is 0. The van der Waals surface area contributed by atoms with Crippen molar-refractivity contribution in [1.29, 1.82) is 0 Å². The quantitative estimate of drug-likeness (QED) is 0.942. The molecule has 1 aliphatic rings. The summed E-state index contributed by atoms with van der Waals surface area (Å²) in [6, 6.07) is 8.16. The van der Waals surface area contributed by atoms with Crippen LogP contribution in [0, 0.1) is 6.92 Å². The minimum Gasteiger partial charge on any atom is -0.444 e. The number of aryl methyl sites for hydroxylation is 1. The zero-order valence-corrected chi connectivity index (χ0v) is 12.7. The Kier molecular flexibility index (Phi) is 3.83. The van der Waals surface area contributed by atoms with Gasteiger partial charge in [0.15, 0.2) is 0 Å². The molecule has 1 N–H and O–H groups in total. The van der Waals surface area contributed by atoms with Crippen molar-refractivity contribution in [2.24, 2.45) is 0 Å². The van der Waals surface area contributed by atoms with Gasteiger partial charge in [-0.15, -0.1) is 0 Å². The first kappa shape index (κ1) is 14.3. The Morgan fingerprint density at radius 2 is 2.10 bits per heavy atom. The summed E-state index contributed by atoms with van der Waals surface area (Å²) >= 11 is 0. The molecule has 2 heterocycles. The fourth-order valence-electron chi connectivity index (χ4n) is 2.90. The topological polar surface area (TPSA) is 49.5 Å². The van der Waals surface area contributed by atoms with Crippen molar-refractivity contribution in [3.63, 3.8) is 0 Å². The molecule has 0 aliphatic carbocycles. The van der Waals surface area contributed by atoms with E-state index in [0.29, 0.717) is 12.4 Å². The lowest BCUT2D eigenvalue weighted by atomic mass is 9.95. The number of hydrogen-bond acceptors (Lipinski definition) is 4. The van der Waals surface area contributed by atoms with Crippen LogP contribution in [0.2, 0.25) is 0 Å². The first-order valence-electron chi connectivity index (χ1n) is 7.48. The molecular formula is C17H22N2O2. The molecule has 1 aromatic heterocycles. The Balaban J connectivity index is 1.69. The van der Waals surface area contributed by atoms with E-state index in [9.17, 15) is 5.11 Å². The monoisotopic (exact) mass is 286 g/mol. The molecule has 0 radical (unpaired) electrons. The minimum absolute atomic E-state index is 0.582. The fourth-order valence-corrected chi connectivity index (χ4v) is 2.90. The number of aliphatic hydroxyl groups is 1. The van der Waals surface area contributed by atoms with Gasteiger partial charge in [0.05, 0.1) is 11.3 Å². The van der Waals surface area contributed by atoms with Gasteiger partial charge in [0.2, 0.25) is 5.89 Å². The molecular weight excluding hydrogens is 264 g/mol. The van der Waals surface area contributed by atoms with Crippen LogP contribution in [0.25, 0.3) is 11.5 Å². The summed E-state index contributed by atoms with van der Waals surface area (Å²) in [6.07, 6.45) is 3.62.